The Morgan fingerprint density at radius 2 is 1.60 bits per heavy atom. The van der Waals surface area contributed by atoms with E-state index in [0.29, 0.717) is 5.04 Å². The van der Waals surface area contributed by atoms with E-state index in [4.69, 9.17) is 0 Å². The lowest BCUT2D eigenvalue weighted by atomic mass is 10.2. The molecule has 0 amide bonds. The van der Waals surface area contributed by atoms with Gasteiger partial charge in [-0.05, 0) is 5.04 Å². The zero-order chi connectivity index (χ0) is 8.41. The second-order valence-electron chi connectivity index (χ2n) is 4.74. The van der Waals surface area contributed by atoms with E-state index < -0.39 is 8.07 Å². The molecule has 0 unspecified atom stereocenters. The normalized spacial score (nSPS) is 13.8. The van der Waals surface area contributed by atoms with Crippen LogP contribution in [0, 0.1) is 6.92 Å². The third-order valence-electron chi connectivity index (χ3n) is 2.83. The molecule has 10 heavy (non-hydrogen) atoms. The number of rotatable bonds is 2. The van der Waals surface area contributed by atoms with Gasteiger partial charge in [-0.3, -0.25) is 0 Å². The standard InChI is InChI=1S/C9H21Si/c1-7-8-10(5,6)9(2,3)4/h1,7-8H2,2-6H3. The van der Waals surface area contributed by atoms with E-state index in [1.54, 1.807) is 0 Å². The molecule has 0 aliphatic rings. The molecule has 61 valence electrons. The van der Waals surface area contributed by atoms with Crippen molar-refractivity contribution in [2.45, 2.75) is 51.4 Å². The van der Waals surface area contributed by atoms with Crippen molar-refractivity contribution in [2.75, 3.05) is 0 Å². The van der Waals surface area contributed by atoms with Crippen molar-refractivity contribution < 1.29 is 0 Å². The Morgan fingerprint density at radius 1 is 1.20 bits per heavy atom. The van der Waals surface area contributed by atoms with Gasteiger partial charge in [-0.15, -0.1) is 0 Å². The molecule has 0 rings (SSSR count). The summed E-state index contributed by atoms with van der Waals surface area (Å²) in [7, 11) is -0.967. The van der Waals surface area contributed by atoms with Crippen LogP contribution in [0.4, 0.5) is 0 Å². The summed E-state index contributed by atoms with van der Waals surface area (Å²) in [4.78, 5) is 0. The molecule has 0 N–H and O–H groups in total. The van der Waals surface area contributed by atoms with Gasteiger partial charge in [-0.1, -0.05) is 53.3 Å². The van der Waals surface area contributed by atoms with E-state index in [9.17, 15) is 0 Å². The summed E-state index contributed by atoms with van der Waals surface area (Å²) in [6, 6.07) is 1.36. The quantitative estimate of drug-likeness (QED) is 0.536. The van der Waals surface area contributed by atoms with Crippen molar-refractivity contribution in [3.8, 4) is 0 Å². The molecule has 0 nitrogen and oxygen atoms in total. The van der Waals surface area contributed by atoms with Gasteiger partial charge >= 0.3 is 0 Å². The van der Waals surface area contributed by atoms with Gasteiger partial charge in [0.25, 0.3) is 0 Å². The van der Waals surface area contributed by atoms with Gasteiger partial charge in [0.1, 0.15) is 0 Å². The zero-order valence-corrected chi connectivity index (χ0v) is 9.12. The van der Waals surface area contributed by atoms with Crippen LogP contribution in [0.5, 0.6) is 0 Å². The van der Waals surface area contributed by atoms with E-state index in [1.807, 2.05) is 0 Å². The fourth-order valence-electron chi connectivity index (χ4n) is 0.817. The fourth-order valence-corrected chi connectivity index (χ4v) is 2.45. The predicted octanol–water partition coefficient (Wildman–Crippen LogP) is 3.72. The maximum atomic E-state index is 3.92. The van der Waals surface area contributed by atoms with Gasteiger partial charge in [0.05, 0.1) is 8.07 Å². The van der Waals surface area contributed by atoms with Crippen molar-refractivity contribution in [2.24, 2.45) is 0 Å². The predicted molar refractivity (Wildman–Crippen MR) is 52.0 cm³/mol. The van der Waals surface area contributed by atoms with E-state index in [-0.39, 0.29) is 0 Å². The molecule has 0 aromatic heterocycles. The number of hydrogen-bond acceptors (Lipinski definition) is 0. The van der Waals surface area contributed by atoms with E-state index in [1.165, 1.54) is 6.04 Å². The monoisotopic (exact) mass is 157 g/mol. The molecule has 0 atom stereocenters. The highest BCUT2D eigenvalue weighted by Crippen LogP contribution is 2.38. The Kier molecular flexibility index (Phi) is 3.15. The Bertz CT molecular complexity index is 97.8. The third-order valence-corrected chi connectivity index (χ3v) is 8.50. The fraction of sp³-hybridized carbons (Fsp3) is 0.889. The smallest absolute Gasteiger partial charge is 0.0527 e. The highest BCUT2D eigenvalue weighted by Gasteiger charge is 2.33. The first kappa shape index (κ1) is 10.2. The van der Waals surface area contributed by atoms with Crippen LogP contribution in [-0.2, 0) is 0 Å². The van der Waals surface area contributed by atoms with Crippen LogP contribution in [0.25, 0.3) is 0 Å². The molecule has 0 aliphatic heterocycles. The van der Waals surface area contributed by atoms with Crippen LogP contribution in [0.2, 0.25) is 24.2 Å². The molecule has 1 heteroatoms. The van der Waals surface area contributed by atoms with Crippen molar-refractivity contribution >= 4 is 8.07 Å². The summed E-state index contributed by atoms with van der Waals surface area (Å²) < 4.78 is 0. The maximum absolute atomic E-state index is 3.92. The average Bonchev–Trinajstić information content (AvgIpc) is 1.61. The molecule has 0 fully saturated rings. The second kappa shape index (κ2) is 3.08. The summed E-state index contributed by atoms with van der Waals surface area (Å²) in [6.45, 7) is 15.9. The molecule has 0 aromatic rings. The van der Waals surface area contributed by atoms with Crippen molar-refractivity contribution in [3.05, 3.63) is 6.92 Å². The van der Waals surface area contributed by atoms with Crippen LogP contribution >= 0.6 is 0 Å². The lowest BCUT2D eigenvalue weighted by Crippen LogP contribution is -2.36. The van der Waals surface area contributed by atoms with E-state index >= 15 is 0 Å². The first-order chi connectivity index (χ1) is 4.31. The summed E-state index contributed by atoms with van der Waals surface area (Å²) >= 11 is 0. The summed E-state index contributed by atoms with van der Waals surface area (Å²) in [5.41, 5.74) is 0. The van der Waals surface area contributed by atoms with E-state index in [0.717, 1.165) is 6.42 Å². The summed E-state index contributed by atoms with van der Waals surface area (Å²) in [6.07, 6.45) is 1.11. The van der Waals surface area contributed by atoms with Crippen LogP contribution < -0.4 is 0 Å². The maximum Gasteiger partial charge on any atom is 0.0527 e. The van der Waals surface area contributed by atoms with Crippen LogP contribution in [0.3, 0.4) is 0 Å². The van der Waals surface area contributed by atoms with Gasteiger partial charge in [0.15, 0.2) is 0 Å². The lowest BCUT2D eigenvalue weighted by Gasteiger charge is -2.36. The zero-order valence-electron chi connectivity index (χ0n) is 8.12. The van der Waals surface area contributed by atoms with Gasteiger partial charge < -0.3 is 0 Å². The molecule has 0 spiro atoms. The molecule has 1 radical (unpaired) electrons. The first-order valence-corrected chi connectivity index (χ1v) is 7.31. The Hall–Kier alpha value is 0.217. The Morgan fingerprint density at radius 3 is 1.70 bits per heavy atom. The molecular weight excluding hydrogens is 136 g/mol. The van der Waals surface area contributed by atoms with Gasteiger partial charge in [0, 0.05) is 0 Å². The Labute approximate surface area is 67.0 Å². The van der Waals surface area contributed by atoms with Crippen molar-refractivity contribution in [1.29, 1.82) is 0 Å². The van der Waals surface area contributed by atoms with Gasteiger partial charge in [-0.2, -0.15) is 0 Å². The third kappa shape index (κ3) is 2.45. The Balaban J connectivity index is 4.10. The van der Waals surface area contributed by atoms with Crippen LogP contribution in [-0.4, -0.2) is 8.07 Å². The molecule has 0 saturated carbocycles. The molecule has 0 heterocycles. The average molecular weight is 157 g/mol. The highest BCUT2D eigenvalue weighted by molar-refractivity contribution is 6.80. The molecular formula is C9H21Si. The van der Waals surface area contributed by atoms with Gasteiger partial charge in [-0.25, -0.2) is 0 Å². The number of hydrogen-bond donors (Lipinski definition) is 0. The van der Waals surface area contributed by atoms with Gasteiger partial charge in [0.2, 0.25) is 0 Å². The topological polar surface area (TPSA) is 0 Å². The lowest BCUT2D eigenvalue weighted by molar-refractivity contribution is 0.712. The second-order valence-corrected chi connectivity index (χ2v) is 10.5. The molecule has 0 saturated heterocycles. The minimum absolute atomic E-state index is 0.546. The summed E-state index contributed by atoms with van der Waals surface area (Å²) in [5.74, 6) is 0. The van der Waals surface area contributed by atoms with E-state index in [2.05, 4.69) is 40.8 Å². The molecule has 0 aliphatic carbocycles. The highest BCUT2D eigenvalue weighted by atomic mass is 28.3. The summed E-state index contributed by atoms with van der Waals surface area (Å²) in [5, 5.41) is 0.546. The van der Waals surface area contributed by atoms with Crippen LogP contribution in [0.1, 0.15) is 27.2 Å². The van der Waals surface area contributed by atoms with Crippen molar-refractivity contribution in [3.63, 3.8) is 0 Å². The SMILES string of the molecule is [CH2]CC[Si](C)(C)C(C)(C)C. The van der Waals surface area contributed by atoms with Crippen LogP contribution in [0.15, 0.2) is 0 Å². The van der Waals surface area contributed by atoms with Crippen molar-refractivity contribution in [1.82, 2.24) is 0 Å². The molecule has 0 bridgehead atoms. The minimum Gasteiger partial charge on any atom is -0.0690 e. The molecule has 0 aromatic carbocycles. The largest absolute Gasteiger partial charge is 0.0690 e. The first-order valence-electron chi connectivity index (χ1n) is 4.10. The minimum atomic E-state index is -0.967.